The van der Waals surface area contributed by atoms with Gasteiger partial charge in [0.25, 0.3) is 0 Å². The molecule has 0 aliphatic rings. The molecule has 23 heavy (non-hydrogen) atoms. The molecular formula is C17H34N2O4. The molecule has 0 fully saturated rings. The van der Waals surface area contributed by atoms with Gasteiger partial charge in [0.05, 0.1) is 0 Å². The summed E-state index contributed by atoms with van der Waals surface area (Å²) < 4.78 is 5.19. The zero-order chi connectivity index (χ0) is 17.9. The van der Waals surface area contributed by atoms with E-state index in [1.807, 2.05) is 25.7 Å². The first kappa shape index (κ1) is 21.7. The average Bonchev–Trinajstić information content (AvgIpc) is 2.41. The summed E-state index contributed by atoms with van der Waals surface area (Å²) in [5.41, 5.74) is -0.531. The summed E-state index contributed by atoms with van der Waals surface area (Å²) in [7, 11) is 0. The van der Waals surface area contributed by atoms with Crippen molar-refractivity contribution < 1.29 is 19.4 Å². The molecule has 1 atom stereocenters. The van der Waals surface area contributed by atoms with E-state index in [1.54, 1.807) is 0 Å². The topological polar surface area (TPSA) is 78.9 Å². The lowest BCUT2D eigenvalue weighted by atomic mass is 10.1. The lowest BCUT2D eigenvalue weighted by molar-refractivity contribution is -0.143. The van der Waals surface area contributed by atoms with Crippen molar-refractivity contribution in [1.82, 2.24) is 10.2 Å². The molecule has 0 spiro atoms. The molecule has 0 unspecified atom stereocenters. The number of carboxylic acid groups (broad SMARTS) is 1. The average molecular weight is 330 g/mol. The third kappa shape index (κ3) is 11.0. The number of aliphatic carboxylic acids is 1. The number of ether oxygens (including phenoxy) is 1. The molecular weight excluding hydrogens is 296 g/mol. The Labute approximate surface area is 140 Å². The van der Waals surface area contributed by atoms with Crippen LogP contribution in [-0.2, 0) is 9.53 Å². The van der Waals surface area contributed by atoms with Crippen LogP contribution in [0, 0.1) is 0 Å². The first-order valence-corrected chi connectivity index (χ1v) is 8.65. The van der Waals surface area contributed by atoms with Crippen molar-refractivity contribution in [1.29, 1.82) is 0 Å². The van der Waals surface area contributed by atoms with Gasteiger partial charge in [0.2, 0.25) is 0 Å². The van der Waals surface area contributed by atoms with Gasteiger partial charge in [-0.15, -0.1) is 0 Å². The van der Waals surface area contributed by atoms with Crippen molar-refractivity contribution in [2.45, 2.75) is 78.4 Å². The molecule has 0 heterocycles. The van der Waals surface area contributed by atoms with Gasteiger partial charge in [-0.05, 0) is 40.2 Å². The summed E-state index contributed by atoms with van der Waals surface area (Å²) in [6, 6.07) is -0.484. The molecule has 0 radical (unpaired) electrons. The number of hydrogen-bond donors (Lipinski definition) is 2. The van der Waals surface area contributed by atoms with Crippen LogP contribution in [0.15, 0.2) is 0 Å². The minimum atomic E-state index is -0.785. The largest absolute Gasteiger partial charge is 0.480 e. The van der Waals surface area contributed by atoms with E-state index >= 15 is 0 Å². The zero-order valence-electron chi connectivity index (χ0n) is 15.4. The second-order valence-corrected chi connectivity index (χ2v) is 6.81. The van der Waals surface area contributed by atoms with E-state index < -0.39 is 23.7 Å². The van der Waals surface area contributed by atoms with Crippen molar-refractivity contribution in [3.63, 3.8) is 0 Å². The first-order valence-electron chi connectivity index (χ1n) is 8.65. The standard InChI is InChI=1S/C17H34N2O4/c1-6-8-10-14(15(20)21)19(12-9-7-2)13-11-18-16(22)23-17(3,4)5/h14H,6-13H2,1-5H3,(H,18,22)(H,20,21)/t14-/m0/s1. The molecule has 6 heteroatoms. The van der Waals surface area contributed by atoms with Crippen LogP contribution in [0.5, 0.6) is 0 Å². The van der Waals surface area contributed by atoms with Crippen LogP contribution in [0.4, 0.5) is 4.79 Å². The van der Waals surface area contributed by atoms with E-state index in [0.29, 0.717) is 19.5 Å². The van der Waals surface area contributed by atoms with Crippen molar-refractivity contribution in [2.24, 2.45) is 0 Å². The number of nitrogens with one attached hydrogen (secondary N) is 1. The van der Waals surface area contributed by atoms with Gasteiger partial charge in [0.1, 0.15) is 11.6 Å². The van der Waals surface area contributed by atoms with Gasteiger partial charge in [-0.2, -0.15) is 0 Å². The fourth-order valence-corrected chi connectivity index (χ4v) is 2.26. The molecule has 0 aromatic rings. The monoisotopic (exact) mass is 330 g/mol. The molecule has 0 rings (SSSR count). The lowest BCUT2D eigenvalue weighted by Gasteiger charge is -2.29. The van der Waals surface area contributed by atoms with E-state index in [-0.39, 0.29) is 0 Å². The summed E-state index contributed by atoms with van der Waals surface area (Å²) in [4.78, 5) is 25.2. The number of carboxylic acids is 1. The number of amides is 1. The highest BCUT2D eigenvalue weighted by Gasteiger charge is 2.24. The van der Waals surface area contributed by atoms with Crippen LogP contribution >= 0.6 is 0 Å². The van der Waals surface area contributed by atoms with Crippen LogP contribution in [-0.4, -0.2) is 53.3 Å². The normalized spacial score (nSPS) is 13.0. The van der Waals surface area contributed by atoms with Gasteiger partial charge in [0, 0.05) is 13.1 Å². The Morgan fingerprint density at radius 3 is 2.22 bits per heavy atom. The summed E-state index contributed by atoms with van der Waals surface area (Å²) in [6.07, 6.45) is 3.99. The van der Waals surface area contributed by atoms with Gasteiger partial charge >= 0.3 is 12.1 Å². The fourth-order valence-electron chi connectivity index (χ4n) is 2.26. The molecule has 6 nitrogen and oxygen atoms in total. The maximum atomic E-state index is 11.7. The fraction of sp³-hybridized carbons (Fsp3) is 0.882. The molecule has 0 saturated carbocycles. The maximum absolute atomic E-state index is 11.7. The zero-order valence-corrected chi connectivity index (χ0v) is 15.4. The van der Waals surface area contributed by atoms with Crippen LogP contribution < -0.4 is 5.32 Å². The summed E-state index contributed by atoms with van der Waals surface area (Å²) in [5, 5.41) is 12.2. The third-order valence-electron chi connectivity index (χ3n) is 3.42. The van der Waals surface area contributed by atoms with Gasteiger partial charge in [-0.25, -0.2) is 4.79 Å². The Hall–Kier alpha value is -1.30. The Bertz CT molecular complexity index is 353. The summed E-state index contributed by atoms with van der Waals surface area (Å²) >= 11 is 0. The number of unbranched alkanes of at least 4 members (excludes halogenated alkanes) is 2. The van der Waals surface area contributed by atoms with Gasteiger partial charge in [-0.1, -0.05) is 33.1 Å². The molecule has 0 saturated heterocycles. The number of carbonyl (C=O) groups is 2. The number of carbonyl (C=O) groups excluding carboxylic acids is 1. The van der Waals surface area contributed by atoms with Crippen molar-refractivity contribution in [3.05, 3.63) is 0 Å². The number of rotatable bonds is 11. The SMILES string of the molecule is CCCC[C@@H](C(=O)O)N(CCCC)CCNC(=O)OC(C)(C)C. The quantitative estimate of drug-likeness (QED) is 0.608. The molecule has 136 valence electrons. The molecule has 0 aliphatic carbocycles. The lowest BCUT2D eigenvalue weighted by Crippen LogP contribution is -2.46. The van der Waals surface area contributed by atoms with E-state index in [9.17, 15) is 14.7 Å². The van der Waals surface area contributed by atoms with Crippen molar-refractivity contribution in [3.8, 4) is 0 Å². The van der Waals surface area contributed by atoms with Gasteiger partial charge in [-0.3, -0.25) is 9.69 Å². The number of hydrogen-bond acceptors (Lipinski definition) is 4. The van der Waals surface area contributed by atoms with Crippen molar-refractivity contribution >= 4 is 12.1 Å². The Kier molecular flexibility index (Phi) is 10.6. The summed E-state index contributed by atoms with van der Waals surface area (Å²) in [5.74, 6) is -0.785. The second kappa shape index (κ2) is 11.3. The highest BCUT2D eigenvalue weighted by atomic mass is 16.6. The second-order valence-electron chi connectivity index (χ2n) is 6.81. The third-order valence-corrected chi connectivity index (χ3v) is 3.42. The van der Waals surface area contributed by atoms with Crippen LogP contribution in [0.2, 0.25) is 0 Å². The smallest absolute Gasteiger partial charge is 0.407 e. The Morgan fingerprint density at radius 2 is 1.74 bits per heavy atom. The predicted octanol–water partition coefficient (Wildman–Crippen LogP) is 3.26. The molecule has 0 aromatic carbocycles. The number of alkyl carbamates (subject to hydrolysis) is 1. The molecule has 0 bridgehead atoms. The van der Waals surface area contributed by atoms with E-state index in [1.165, 1.54) is 0 Å². The minimum Gasteiger partial charge on any atom is -0.480 e. The van der Waals surface area contributed by atoms with Gasteiger partial charge < -0.3 is 15.2 Å². The highest BCUT2D eigenvalue weighted by Crippen LogP contribution is 2.11. The minimum absolute atomic E-state index is 0.383. The predicted molar refractivity (Wildman–Crippen MR) is 91.7 cm³/mol. The van der Waals surface area contributed by atoms with E-state index in [4.69, 9.17) is 4.74 Å². The Balaban J connectivity index is 4.52. The Morgan fingerprint density at radius 1 is 1.13 bits per heavy atom. The van der Waals surface area contributed by atoms with Gasteiger partial charge in [0.15, 0.2) is 0 Å². The molecule has 2 N–H and O–H groups in total. The first-order chi connectivity index (χ1) is 10.7. The van der Waals surface area contributed by atoms with E-state index in [2.05, 4.69) is 19.2 Å². The van der Waals surface area contributed by atoms with Crippen molar-refractivity contribution in [2.75, 3.05) is 19.6 Å². The molecule has 1 amide bonds. The highest BCUT2D eigenvalue weighted by molar-refractivity contribution is 5.73. The maximum Gasteiger partial charge on any atom is 0.407 e. The molecule has 0 aliphatic heterocycles. The van der Waals surface area contributed by atoms with Crippen LogP contribution in [0.3, 0.4) is 0 Å². The van der Waals surface area contributed by atoms with Crippen LogP contribution in [0.25, 0.3) is 0 Å². The van der Waals surface area contributed by atoms with E-state index in [0.717, 1.165) is 32.2 Å². The summed E-state index contributed by atoms with van der Waals surface area (Å²) in [6.45, 7) is 11.2. The molecule has 0 aromatic heterocycles. The van der Waals surface area contributed by atoms with Crippen LogP contribution in [0.1, 0.15) is 66.7 Å². The number of nitrogens with zero attached hydrogens (tertiary/aromatic N) is 1.